The van der Waals surface area contributed by atoms with E-state index >= 15 is 0 Å². The maximum Gasteiger partial charge on any atom is 1.00 e. The van der Waals surface area contributed by atoms with Crippen molar-refractivity contribution >= 4 is 20.0 Å². The Hall–Kier alpha value is 0.300. The minimum Gasteiger partial charge on any atom is -0.744 e. The Morgan fingerprint density at radius 3 is 1.96 bits per heavy atom. The average Bonchev–Trinajstić information content (AvgIpc) is 2.38. The van der Waals surface area contributed by atoms with Gasteiger partial charge < -0.3 is 4.55 Å². The fourth-order valence-electron chi connectivity index (χ4n) is 1.81. The molecule has 0 heterocycles. The van der Waals surface area contributed by atoms with Gasteiger partial charge in [-0.25, -0.2) is 16.8 Å². The Morgan fingerprint density at radius 1 is 0.913 bits per heavy atom. The van der Waals surface area contributed by atoms with Crippen molar-refractivity contribution < 1.29 is 80.5 Å². The van der Waals surface area contributed by atoms with E-state index in [0.717, 1.165) is 11.6 Å². The standard InChI is InChI=1S/C14H13O5S2.2Na/c1-10-3-6-12(7-4-10)20(15,16)13-8-5-11(2)14(9-13)21(17,18)19;;/h3,5-9H,1-2H3,(H,17,18,19);;/q-1;2*+1/p-1. The zero-order chi connectivity index (χ0) is 15.8. The van der Waals surface area contributed by atoms with Gasteiger partial charge in [-0.05, 0) is 29.5 Å². The second-order valence-corrected chi connectivity index (χ2v) is 7.89. The first-order valence-electron chi connectivity index (χ1n) is 5.92. The molecule has 0 aliphatic heterocycles. The molecule has 2 aromatic rings. The zero-order valence-electron chi connectivity index (χ0n) is 13.3. The Labute approximate surface area is 180 Å². The van der Waals surface area contributed by atoms with Gasteiger partial charge in [0, 0.05) is 0 Å². The van der Waals surface area contributed by atoms with Gasteiger partial charge in [0.2, 0.25) is 0 Å². The van der Waals surface area contributed by atoms with Crippen LogP contribution in [0.3, 0.4) is 0 Å². The van der Waals surface area contributed by atoms with Crippen molar-refractivity contribution in [1.29, 1.82) is 0 Å². The van der Waals surface area contributed by atoms with Gasteiger partial charge in [0.25, 0.3) is 0 Å². The van der Waals surface area contributed by atoms with Gasteiger partial charge in [-0.1, -0.05) is 13.0 Å². The van der Waals surface area contributed by atoms with E-state index in [0.29, 0.717) is 0 Å². The summed E-state index contributed by atoms with van der Waals surface area (Å²) in [5.41, 5.74) is 0.986. The molecule has 0 saturated heterocycles. The fraction of sp³-hybridized carbons (Fsp3) is 0.143. The van der Waals surface area contributed by atoms with Gasteiger partial charge >= 0.3 is 59.1 Å². The third-order valence-corrected chi connectivity index (χ3v) is 5.72. The topological polar surface area (TPSA) is 91.3 Å². The van der Waals surface area contributed by atoms with Gasteiger partial charge in [-0.15, -0.1) is 0 Å². The normalized spacial score (nSPS) is 11.3. The molecule has 0 bridgehead atoms. The van der Waals surface area contributed by atoms with E-state index in [2.05, 4.69) is 6.07 Å². The van der Waals surface area contributed by atoms with Crippen molar-refractivity contribution in [3.05, 3.63) is 53.6 Å². The van der Waals surface area contributed by atoms with Crippen molar-refractivity contribution in [2.45, 2.75) is 28.5 Å². The van der Waals surface area contributed by atoms with E-state index in [1.807, 2.05) is 0 Å². The second kappa shape index (κ2) is 8.60. The van der Waals surface area contributed by atoms with Crippen molar-refractivity contribution in [3.8, 4) is 0 Å². The predicted octanol–water partition coefficient (Wildman–Crippen LogP) is -4.15. The summed E-state index contributed by atoms with van der Waals surface area (Å²) in [7, 11) is -8.62. The van der Waals surface area contributed by atoms with Gasteiger partial charge in [-0.3, -0.25) is 0 Å². The molecule has 0 aromatic heterocycles. The van der Waals surface area contributed by atoms with E-state index < -0.39 is 24.9 Å². The van der Waals surface area contributed by atoms with Crippen molar-refractivity contribution in [2.75, 3.05) is 0 Å². The summed E-state index contributed by atoms with van der Waals surface area (Å²) in [6, 6.07) is 10.6. The van der Waals surface area contributed by atoms with Crippen molar-refractivity contribution in [3.63, 3.8) is 0 Å². The van der Waals surface area contributed by atoms with Crippen LogP contribution in [0.25, 0.3) is 0 Å². The first-order chi connectivity index (χ1) is 9.62. The molecule has 9 heteroatoms. The molecule has 23 heavy (non-hydrogen) atoms. The quantitative estimate of drug-likeness (QED) is 0.311. The molecule has 2 rings (SSSR count). The number of benzene rings is 2. The molecular weight excluding hydrogens is 358 g/mol. The van der Waals surface area contributed by atoms with E-state index in [4.69, 9.17) is 0 Å². The molecule has 0 saturated carbocycles. The number of aryl methyl sites for hydroxylation is 2. The molecule has 0 atom stereocenters. The van der Waals surface area contributed by atoms with Crippen LogP contribution in [0.2, 0.25) is 0 Å². The molecule has 0 spiro atoms. The van der Waals surface area contributed by atoms with Crippen LogP contribution in [-0.4, -0.2) is 21.4 Å². The van der Waals surface area contributed by atoms with Crippen molar-refractivity contribution in [1.82, 2.24) is 0 Å². The molecule has 0 fully saturated rings. The van der Waals surface area contributed by atoms with E-state index in [-0.39, 0.29) is 74.5 Å². The van der Waals surface area contributed by atoms with E-state index in [9.17, 15) is 21.4 Å². The van der Waals surface area contributed by atoms with Crippen LogP contribution >= 0.6 is 0 Å². The summed E-state index contributed by atoms with van der Waals surface area (Å²) >= 11 is 0. The molecule has 0 radical (unpaired) electrons. The van der Waals surface area contributed by atoms with Crippen LogP contribution in [0.1, 0.15) is 11.1 Å². The third kappa shape index (κ3) is 5.39. The first kappa shape index (κ1) is 23.3. The number of hydrogen-bond donors (Lipinski definition) is 0. The Morgan fingerprint density at radius 2 is 1.48 bits per heavy atom. The van der Waals surface area contributed by atoms with Gasteiger partial charge in [0.05, 0.1) is 9.79 Å². The summed E-state index contributed by atoms with van der Waals surface area (Å²) in [6.07, 6.45) is 0. The molecular formula is C14H12Na2O5S2. The third-order valence-electron chi connectivity index (χ3n) is 2.99. The van der Waals surface area contributed by atoms with Gasteiger partial charge in [0.1, 0.15) is 10.1 Å². The number of rotatable bonds is 3. The molecule has 5 nitrogen and oxygen atoms in total. The average molecular weight is 370 g/mol. The van der Waals surface area contributed by atoms with Crippen LogP contribution in [0.15, 0.2) is 51.1 Å². The molecule has 0 amide bonds. The zero-order valence-corrected chi connectivity index (χ0v) is 19.0. The largest absolute Gasteiger partial charge is 1.00 e. The van der Waals surface area contributed by atoms with Crippen LogP contribution in [0.4, 0.5) is 0 Å². The minimum atomic E-state index is -4.73. The Bertz CT molecular complexity index is 889. The second-order valence-electron chi connectivity index (χ2n) is 4.59. The van der Waals surface area contributed by atoms with Crippen LogP contribution < -0.4 is 59.1 Å². The summed E-state index contributed by atoms with van der Waals surface area (Å²) in [4.78, 5) is -0.773. The monoisotopic (exact) mass is 370 g/mol. The Balaban J connectivity index is 0.00000242. The minimum absolute atomic E-state index is 0. The van der Waals surface area contributed by atoms with E-state index in [1.165, 1.54) is 31.2 Å². The molecule has 0 unspecified atom stereocenters. The molecule has 0 aliphatic carbocycles. The van der Waals surface area contributed by atoms with Gasteiger partial charge in [-0.2, -0.15) is 29.8 Å². The fourth-order valence-corrected chi connectivity index (χ4v) is 3.87. The summed E-state index contributed by atoms with van der Waals surface area (Å²) in [6.45, 7) is 3.20. The summed E-state index contributed by atoms with van der Waals surface area (Å²) in [5, 5.41) is 0. The van der Waals surface area contributed by atoms with Crippen molar-refractivity contribution in [2.24, 2.45) is 0 Å². The summed E-state index contributed by atoms with van der Waals surface area (Å²) < 4.78 is 58.3. The van der Waals surface area contributed by atoms with Crippen LogP contribution in [-0.2, 0) is 20.0 Å². The van der Waals surface area contributed by atoms with E-state index in [1.54, 1.807) is 13.0 Å². The SMILES string of the molecule is Cc1[c-]cc(S(=O)(=O)c2ccc(C)c(S(=O)(=O)[O-])c2)cc1.[Na+].[Na+]. The predicted molar refractivity (Wildman–Crippen MR) is 74.6 cm³/mol. The van der Waals surface area contributed by atoms with Crippen LogP contribution in [0.5, 0.6) is 0 Å². The van der Waals surface area contributed by atoms with Crippen LogP contribution in [0, 0.1) is 19.9 Å². The smallest absolute Gasteiger partial charge is 0.744 e. The molecule has 112 valence electrons. The molecule has 0 aliphatic rings. The summed E-state index contributed by atoms with van der Waals surface area (Å²) in [5.74, 6) is 0. The maximum absolute atomic E-state index is 12.4. The first-order valence-corrected chi connectivity index (χ1v) is 8.81. The van der Waals surface area contributed by atoms with Gasteiger partial charge in [0.15, 0.2) is 9.84 Å². The molecule has 0 N–H and O–H groups in total. The maximum atomic E-state index is 12.4. The molecule has 2 aromatic carbocycles. The number of hydrogen-bond acceptors (Lipinski definition) is 5. The Kier molecular flexibility index (Phi) is 8.71. The number of sulfone groups is 1.